The number of rotatable bonds is 1. The van der Waals surface area contributed by atoms with E-state index in [0.717, 1.165) is 5.92 Å². The van der Waals surface area contributed by atoms with Crippen LogP contribution in [0.3, 0.4) is 0 Å². The molecule has 1 atom stereocenters. The summed E-state index contributed by atoms with van der Waals surface area (Å²) in [5, 5.41) is 0. The van der Waals surface area contributed by atoms with Crippen molar-refractivity contribution in [1.29, 1.82) is 0 Å². The minimum Gasteiger partial charge on any atom is -0.0683 e. The SMILES string of the molecule is CC.CCC1CCCCc2ccccc21. The summed E-state index contributed by atoms with van der Waals surface area (Å²) in [6.07, 6.45) is 6.79. The summed E-state index contributed by atoms with van der Waals surface area (Å²) in [5.74, 6) is 0.832. The first-order valence-electron chi connectivity index (χ1n) is 6.49. The Kier molecular flexibility index (Phi) is 5.45. The van der Waals surface area contributed by atoms with Crippen molar-refractivity contribution in [2.75, 3.05) is 0 Å². The van der Waals surface area contributed by atoms with Crippen molar-refractivity contribution in [3.05, 3.63) is 35.4 Å². The molecule has 84 valence electrons. The van der Waals surface area contributed by atoms with Crippen molar-refractivity contribution < 1.29 is 0 Å². The molecule has 0 heterocycles. The minimum absolute atomic E-state index is 0.832. The number of aryl methyl sites for hydroxylation is 1. The van der Waals surface area contributed by atoms with Crippen molar-refractivity contribution in [2.45, 2.75) is 58.8 Å². The van der Waals surface area contributed by atoms with Crippen LogP contribution >= 0.6 is 0 Å². The molecule has 0 saturated heterocycles. The van der Waals surface area contributed by atoms with Crippen LogP contribution in [0, 0.1) is 0 Å². The van der Waals surface area contributed by atoms with Crippen LogP contribution in [-0.4, -0.2) is 0 Å². The van der Waals surface area contributed by atoms with Crippen LogP contribution in [0.15, 0.2) is 24.3 Å². The van der Waals surface area contributed by atoms with Gasteiger partial charge in [0.25, 0.3) is 0 Å². The van der Waals surface area contributed by atoms with E-state index in [0.29, 0.717) is 0 Å². The Labute approximate surface area is 94.7 Å². The summed E-state index contributed by atoms with van der Waals surface area (Å²) in [4.78, 5) is 0. The molecule has 0 N–H and O–H groups in total. The summed E-state index contributed by atoms with van der Waals surface area (Å²) in [7, 11) is 0. The van der Waals surface area contributed by atoms with E-state index in [9.17, 15) is 0 Å². The predicted octanol–water partition coefficient (Wildman–Crippen LogP) is 4.93. The highest BCUT2D eigenvalue weighted by Crippen LogP contribution is 2.32. The summed E-state index contributed by atoms with van der Waals surface area (Å²) >= 11 is 0. The van der Waals surface area contributed by atoms with Gasteiger partial charge in [-0.3, -0.25) is 0 Å². The van der Waals surface area contributed by atoms with Gasteiger partial charge in [-0.25, -0.2) is 0 Å². The molecule has 15 heavy (non-hydrogen) atoms. The molecular weight excluding hydrogens is 180 g/mol. The van der Waals surface area contributed by atoms with E-state index in [-0.39, 0.29) is 0 Å². The Morgan fingerprint density at radius 2 is 1.87 bits per heavy atom. The quantitative estimate of drug-likeness (QED) is 0.569. The van der Waals surface area contributed by atoms with Gasteiger partial charge >= 0.3 is 0 Å². The van der Waals surface area contributed by atoms with Gasteiger partial charge in [-0.15, -0.1) is 0 Å². The third kappa shape index (κ3) is 3.09. The lowest BCUT2D eigenvalue weighted by Crippen LogP contribution is -1.97. The fourth-order valence-corrected chi connectivity index (χ4v) is 2.45. The van der Waals surface area contributed by atoms with Crippen molar-refractivity contribution >= 4 is 0 Å². The lowest BCUT2D eigenvalue weighted by atomic mass is 9.91. The van der Waals surface area contributed by atoms with Gasteiger partial charge in [0.05, 0.1) is 0 Å². The predicted molar refractivity (Wildman–Crippen MR) is 68.4 cm³/mol. The second kappa shape index (κ2) is 6.66. The van der Waals surface area contributed by atoms with Crippen molar-refractivity contribution in [2.24, 2.45) is 0 Å². The first kappa shape index (κ1) is 12.3. The first-order valence-corrected chi connectivity index (χ1v) is 6.49. The van der Waals surface area contributed by atoms with E-state index in [1.165, 1.54) is 32.1 Å². The van der Waals surface area contributed by atoms with Gasteiger partial charge in [0.1, 0.15) is 0 Å². The molecule has 0 saturated carbocycles. The molecule has 1 aromatic carbocycles. The van der Waals surface area contributed by atoms with Gasteiger partial charge in [0.15, 0.2) is 0 Å². The topological polar surface area (TPSA) is 0 Å². The molecule has 1 aliphatic carbocycles. The van der Waals surface area contributed by atoms with E-state index in [2.05, 4.69) is 31.2 Å². The first-order chi connectivity index (χ1) is 7.42. The van der Waals surface area contributed by atoms with Crippen LogP contribution in [0.2, 0.25) is 0 Å². The maximum absolute atomic E-state index is 2.33. The van der Waals surface area contributed by atoms with E-state index in [1.807, 2.05) is 13.8 Å². The average Bonchev–Trinajstić information content (AvgIpc) is 2.53. The third-order valence-corrected chi connectivity index (χ3v) is 3.24. The number of fused-ring (bicyclic) bond motifs is 1. The summed E-state index contributed by atoms with van der Waals surface area (Å²) in [6.45, 7) is 6.31. The fraction of sp³-hybridized carbons (Fsp3) is 0.600. The molecular formula is C15H24. The second-order valence-corrected chi connectivity index (χ2v) is 4.05. The molecule has 2 rings (SSSR count). The van der Waals surface area contributed by atoms with Gasteiger partial charge in [-0.05, 0) is 42.7 Å². The second-order valence-electron chi connectivity index (χ2n) is 4.05. The average molecular weight is 204 g/mol. The highest BCUT2D eigenvalue weighted by Gasteiger charge is 2.15. The van der Waals surface area contributed by atoms with Gasteiger partial charge in [-0.2, -0.15) is 0 Å². The maximum atomic E-state index is 2.33. The zero-order valence-corrected chi connectivity index (χ0v) is 10.4. The molecule has 0 nitrogen and oxygen atoms in total. The van der Waals surface area contributed by atoms with Crippen molar-refractivity contribution in [3.63, 3.8) is 0 Å². The standard InChI is InChI=1S/C13H18.C2H6/c1-2-11-7-3-4-8-12-9-5-6-10-13(11)12;1-2/h5-6,9-11H,2-4,7-8H2,1H3;1-2H3. The Bertz CT molecular complexity index is 275. The molecule has 0 spiro atoms. The largest absolute Gasteiger partial charge is 0.0683 e. The zero-order chi connectivity index (χ0) is 11.1. The molecule has 0 bridgehead atoms. The Morgan fingerprint density at radius 1 is 1.13 bits per heavy atom. The van der Waals surface area contributed by atoms with Crippen LogP contribution < -0.4 is 0 Å². The third-order valence-electron chi connectivity index (χ3n) is 3.24. The van der Waals surface area contributed by atoms with Crippen LogP contribution in [0.4, 0.5) is 0 Å². The lowest BCUT2D eigenvalue weighted by molar-refractivity contribution is 0.581. The molecule has 0 amide bonds. The van der Waals surface area contributed by atoms with Gasteiger partial charge in [0.2, 0.25) is 0 Å². The van der Waals surface area contributed by atoms with E-state index in [4.69, 9.17) is 0 Å². The van der Waals surface area contributed by atoms with Crippen LogP contribution in [0.5, 0.6) is 0 Å². The normalized spacial score (nSPS) is 19.5. The van der Waals surface area contributed by atoms with E-state index in [1.54, 1.807) is 11.1 Å². The van der Waals surface area contributed by atoms with E-state index < -0.39 is 0 Å². The van der Waals surface area contributed by atoms with Crippen LogP contribution in [0.25, 0.3) is 0 Å². The molecule has 0 heteroatoms. The molecule has 0 aromatic heterocycles. The molecule has 0 aliphatic heterocycles. The Morgan fingerprint density at radius 3 is 2.60 bits per heavy atom. The summed E-state index contributed by atoms with van der Waals surface area (Å²) in [5.41, 5.74) is 3.23. The Hall–Kier alpha value is -0.780. The van der Waals surface area contributed by atoms with Crippen LogP contribution in [0.1, 0.15) is 63.5 Å². The van der Waals surface area contributed by atoms with Crippen molar-refractivity contribution in [1.82, 2.24) is 0 Å². The minimum atomic E-state index is 0.832. The fourth-order valence-electron chi connectivity index (χ4n) is 2.45. The maximum Gasteiger partial charge on any atom is -0.0162 e. The van der Waals surface area contributed by atoms with Crippen LogP contribution in [-0.2, 0) is 6.42 Å². The highest BCUT2D eigenvalue weighted by atomic mass is 14.2. The number of benzene rings is 1. The summed E-state index contributed by atoms with van der Waals surface area (Å²) in [6, 6.07) is 9.00. The van der Waals surface area contributed by atoms with Gasteiger partial charge in [0, 0.05) is 0 Å². The smallest absolute Gasteiger partial charge is 0.0162 e. The highest BCUT2D eigenvalue weighted by molar-refractivity contribution is 5.31. The number of hydrogen-bond acceptors (Lipinski definition) is 0. The van der Waals surface area contributed by atoms with Gasteiger partial charge in [-0.1, -0.05) is 51.5 Å². The Balaban J connectivity index is 0.000000531. The zero-order valence-electron chi connectivity index (χ0n) is 10.4. The van der Waals surface area contributed by atoms with Crippen molar-refractivity contribution in [3.8, 4) is 0 Å². The van der Waals surface area contributed by atoms with E-state index >= 15 is 0 Å². The monoisotopic (exact) mass is 204 g/mol. The molecule has 0 radical (unpaired) electrons. The molecule has 0 fully saturated rings. The molecule has 1 aliphatic rings. The number of hydrogen-bond donors (Lipinski definition) is 0. The lowest BCUT2D eigenvalue weighted by Gasteiger charge is -2.14. The van der Waals surface area contributed by atoms with Gasteiger partial charge < -0.3 is 0 Å². The molecule has 1 unspecified atom stereocenters. The molecule has 1 aromatic rings. The summed E-state index contributed by atoms with van der Waals surface area (Å²) < 4.78 is 0.